The van der Waals surface area contributed by atoms with Gasteiger partial charge in [-0.15, -0.1) is 13.2 Å². The maximum absolute atomic E-state index is 12.6. The van der Waals surface area contributed by atoms with Gasteiger partial charge in [-0.3, -0.25) is 10.1 Å². The van der Waals surface area contributed by atoms with E-state index in [4.69, 9.17) is 5.11 Å². The fraction of sp³-hybridized carbons (Fsp3) is 0.545. The minimum absolute atomic E-state index is 0.0386. The SMILES string of the molecule is O=[N+]([O-])c1cnc(NCc2ccccc2OC(F)(F)F)nc1NC[C@H]1CC[C@H](NCCCO)CC1. The van der Waals surface area contributed by atoms with Crippen molar-refractivity contribution in [2.75, 3.05) is 30.3 Å². The summed E-state index contributed by atoms with van der Waals surface area (Å²) in [4.78, 5) is 19.0. The van der Waals surface area contributed by atoms with E-state index in [1.807, 2.05) is 0 Å². The molecular formula is C22H29F3N6O4. The summed E-state index contributed by atoms with van der Waals surface area (Å²) in [7, 11) is 0. The number of hydrogen-bond donors (Lipinski definition) is 4. The van der Waals surface area contributed by atoms with Gasteiger partial charge < -0.3 is 25.8 Å². The molecule has 1 fully saturated rings. The summed E-state index contributed by atoms with van der Waals surface area (Å²) in [5.74, 6) is 0.0599. The van der Waals surface area contributed by atoms with Crippen molar-refractivity contribution in [2.45, 2.75) is 51.1 Å². The van der Waals surface area contributed by atoms with Crippen molar-refractivity contribution in [3.63, 3.8) is 0 Å². The number of para-hydroxylation sites is 1. The zero-order valence-corrected chi connectivity index (χ0v) is 19.1. The predicted molar refractivity (Wildman–Crippen MR) is 123 cm³/mol. The lowest BCUT2D eigenvalue weighted by molar-refractivity contribution is -0.384. The second-order valence-electron chi connectivity index (χ2n) is 8.32. The van der Waals surface area contributed by atoms with E-state index in [0.717, 1.165) is 44.8 Å². The van der Waals surface area contributed by atoms with Crippen molar-refractivity contribution >= 4 is 17.5 Å². The molecule has 0 atom stereocenters. The molecule has 1 aliphatic rings. The fourth-order valence-corrected chi connectivity index (χ4v) is 3.97. The van der Waals surface area contributed by atoms with E-state index in [9.17, 15) is 23.3 Å². The number of aromatic nitrogens is 2. The lowest BCUT2D eigenvalue weighted by Gasteiger charge is -2.29. The van der Waals surface area contributed by atoms with Gasteiger partial charge in [0, 0.05) is 31.3 Å². The van der Waals surface area contributed by atoms with E-state index < -0.39 is 11.3 Å². The van der Waals surface area contributed by atoms with E-state index in [1.165, 1.54) is 18.2 Å². The second-order valence-corrected chi connectivity index (χ2v) is 8.32. The van der Waals surface area contributed by atoms with Crippen LogP contribution in [0.15, 0.2) is 30.5 Å². The van der Waals surface area contributed by atoms with Crippen molar-refractivity contribution in [1.82, 2.24) is 15.3 Å². The Labute approximate surface area is 200 Å². The molecular weight excluding hydrogens is 469 g/mol. The van der Waals surface area contributed by atoms with Crippen LogP contribution in [-0.4, -0.2) is 52.1 Å². The van der Waals surface area contributed by atoms with Crippen LogP contribution in [0, 0.1) is 16.0 Å². The van der Waals surface area contributed by atoms with Gasteiger partial charge >= 0.3 is 12.0 Å². The minimum atomic E-state index is -4.83. The van der Waals surface area contributed by atoms with Crippen molar-refractivity contribution in [3.05, 3.63) is 46.1 Å². The molecule has 0 amide bonds. The molecule has 4 N–H and O–H groups in total. The Morgan fingerprint density at radius 1 is 1.17 bits per heavy atom. The lowest BCUT2D eigenvalue weighted by atomic mass is 9.86. The molecule has 35 heavy (non-hydrogen) atoms. The molecule has 192 valence electrons. The number of nitro groups is 1. The maximum Gasteiger partial charge on any atom is 0.573 e. The first-order chi connectivity index (χ1) is 16.7. The molecule has 0 radical (unpaired) electrons. The molecule has 10 nitrogen and oxygen atoms in total. The molecule has 1 aliphatic carbocycles. The summed E-state index contributed by atoms with van der Waals surface area (Å²) in [5.41, 5.74) is -0.0543. The van der Waals surface area contributed by atoms with Crippen molar-refractivity contribution in [2.24, 2.45) is 5.92 Å². The molecule has 1 aromatic heterocycles. The van der Waals surface area contributed by atoms with Crippen LogP contribution in [0.5, 0.6) is 5.75 Å². The lowest BCUT2D eigenvalue weighted by Crippen LogP contribution is -2.35. The quantitative estimate of drug-likeness (QED) is 0.196. The fourth-order valence-electron chi connectivity index (χ4n) is 3.97. The van der Waals surface area contributed by atoms with Gasteiger partial charge in [0.25, 0.3) is 0 Å². The van der Waals surface area contributed by atoms with Gasteiger partial charge in [0.05, 0.1) is 4.92 Å². The summed E-state index contributed by atoms with van der Waals surface area (Å²) in [5, 5.41) is 29.6. The monoisotopic (exact) mass is 498 g/mol. The van der Waals surface area contributed by atoms with Crippen LogP contribution in [0.1, 0.15) is 37.7 Å². The number of hydrogen-bond acceptors (Lipinski definition) is 9. The molecule has 0 saturated heterocycles. The van der Waals surface area contributed by atoms with Gasteiger partial charge in [-0.2, -0.15) is 4.98 Å². The highest BCUT2D eigenvalue weighted by molar-refractivity contribution is 5.57. The summed E-state index contributed by atoms with van der Waals surface area (Å²) in [6, 6.07) is 6.07. The van der Waals surface area contributed by atoms with Crippen LogP contribution < -0.4 is 20.7 Å². The van der Waals surface area contributed by atoms with Crippen LogP contribution in [0.3, 0.4) is 0 Å². The van der Waals surface area contributed by atoms with Crippen molar-refractivity contribution < 1.29 is 27.9 Å². The van der Waals surface area contributed by atoms with E-state index in [-0.39, 0.29) is 41.9 Å². The standard InChI is InChI=1S/C22H29F3N6O4/c23-22(24,25)35-19-5-2-1-4-16(19)13-28-21-29-14-18(31(33)34)20(30-21)27-12-15-6-8-17(9-7-15)26-10-3-11-32/h1-2,4-5,14-15,17,26,32H,3,6-13H2,(H2,27,28,29,30)/t15-,17-. The highest BCUT2D eigenvalue weighted by atomic mass is 19.4. The third-order valence-corrected chi connectivity index (χ3v) is 5.77. The number of anilines is 2. The number of ether oxygens (including phenoxy) is 1. The topological polar surface area (TPSA) is 134 Å². The van der Waals surface area contributed by atoms with Crippen LogP contribution in [0.4, 0.5) is 30.6 Å². The highest BCUT2D eigenvalue weighted by Gasteiger charge is 2.32. The molecule has 3 rings (SSSR count). The number of nitrogens with zero attached hydrogens (tertiary/aromatic N) is 3. The number of aliphatic hydroxyl groups excluding tert-OH is 1. The van der Waals surface area contributed by atoms with Crippen LogP contribution in [-0.2, 0) is 6.54 Å². The summed E-state index contributed by atoms with van der Waals surface area (Å²) in [6.07, 6.45) is 0.818. The van der Waals surface area contributed by atoms with Crippen LogP contribution in [0.25, 0.3) is 0 Å². The van der Waals surface area contributed by atoms with Gasteiger partial charge in [0.1, 0.15) is 11.9 Å². The summed E-state index contributed by atoms with van der Waals surface area (Å²) < 4.78 is 41.9. The molecule has 13 heteroatoms. The number of alkyl halides is 3. The molecule has 0 bridgehead atoms. The first-order valence-corrected chi connectivity index (χ1v) is 11.4. The van der Waals surface area contributed by atoms with Gasteiger partial charge in [-0.1, -0.05) is 18.2 Å². The molecule has 1 heterocycles. The Hall–Kier alpha value is -3.19. The average Bonchev–Trinajstić information content (AvgIpc) is 2.82. The van der Waals surface area contributed by atoms with E-state index in [2.05, 4.69) is 30.7 Å². The third-order valence-electron chi connectivity index (χ3n) is 5.77. The Balaban J connectivity index is 1.59. The van der Waals surface area contributed by atoms with Gasteiger partial charge in [-0.05, 0) is 50.6 Å². The van der Waals surface area contributed by atoms with Gasteiger partial charge in [0.2, 0.25) is 11.8 Å². The molecule has 2 aromatic rings. The van der Waals surface area contributed by atoms with Crippen molar-refractivity contribution in [1.29, 1.82) is 0 Å². The predicted octanol–water partition coefficient (Wildman–Crippen LogP) is 3.84. The van der Waals surface area contributed by atoms with Gasteiger partial charge in [-0.25, -0.2) is 4.98 Å². The Morgan fingerprint density at radius 3 is 2.60 bits per heavy atom. The summed E-state index contributed by atoms with van der Waals surface area (Å²) in [6.45, 7) is 1.37. The maximum atomic E-state index is 12.6. The number of benzene rings is 1. The molecule has 0 unspecified atom stereocenters. The molecule has 1 aromatic carbocycles. The van der Waals surface area contributed by atoms with Crippen molar-refractivity contribution in [3.8, 4) is 5.75 Å². The Kier molecular flexibility index (Phi) is 9.43. The second kappa shape index (κ2) is 12.5. The van der Waals surface area contributed by atoms with Crippen LogP contribution in [0.2, 0.25) is 0 Å². The minimum Gasteiger partial charge on any atom is -0.405 e. The number of halogens is 3. The van der Waals surface area contributed by atoms with Crippen LogP contribution >= 0.6 is 0 Å². The number of aliphatic hydroxyl groups is 1. The number of nitrogens with one attached hydrogen (secondary N) is 3. The molecule has 0 spiro atoms. The first-order valence-electron chi connectivity index (χ1n) is 11.4. The molecule has 1 saturated carbocycles. The number of rotatable bonds is 12. The first kappa shape index (κ1) is 26.4. The zero-order chi connectivity index (χ0) is 25.3. The van der Waals surface area contributed by atoms with E-state index >= 15 is 0 Å². The largest absolute Gasteiger partial charge is 0.573 e. The summed E-state index contributed by atoms with van der Waals surface area (Å²) >= 11 is 0. The smallest absolute Gasteiger partial charge is 0.405 e. The molecule has 0 aliphatic heterocycles. The van der Waals surface area contributed by atoms with Gasteiger partial charge in [0.15, 0.2) is 0 Å². The van der Waals surface area contributed by atoms with E-state index in [0.29, 0.717) is 18.5 Å². The zero-order valence-electron chi connectivity index (χ0n) is 19.1. The highest BCUT2D eigenvalue weighted by Crippen LogP contribution is 2.29. The third kappa shape index (κ3) is 8.51. The average molecular weight is 499 g/mol. The normalized spacial score (nSPS) is 18.2. The van der Waals surface area contributed by atoms with E-state index in [1.54, 1.807) is 6.07 Å². The Bertz CT molecular complexity index is 970. The Morgan fingerprint density at radius 2 is 1.91 bits per heavy atom.